The number of rotatable bonds is 10. The molecular weight excluding hydrogens is 380 g/mol. The molecule has 0 unspecified atom stereocenters. The monoisotopic (exact) mass is 408 g/mol. The Morgan fingerprint density at radius 2 is 1.66 bits per heavy atom. The van der Waals surface area contributed by atoms with Gasteiger partial charge in [0.2, 0.25) is 5.91 Å². The van der Waals surface area contributed by atoms with E-state index in [1.807, 2.05) is 47.4 Å². The predicted octanol–water partition coefficient (Wildman–Crippen LogP) is 6.04. The van der Waals surface area contributed by atoms with E-state index in [-0.39, 0.29) is 5.91 Å². The van der Waals surface area contributed by atoms with Gasteiger partial charge in [-0.1, -0.05) is 80.4 Å². The van der Waals surface area contributed by atoms with Gasteiger partial charge < -0.3 is 9.47 Å². The van der Waals surface area contributed by atoms with Crippen molar-refractivity contribution in [2.75, 3.05) is 6.54 Å². The number of carbonyl (C=O) groups is 1. The summed E-state index contributed by atoms with van der Waals surface area (Å²) in [4.78, 5) is 15.1. The number of alkyl halides is 1. The third kappa shape index (κ3) is 5.98. The smallest absolute Gasteiger partial charge is 0.245 e. The Balaban J connectivity index is 1.75. The highest BCUT2D eigenvalue weighted by atomic mass is 35.5. The fraction of sp³-hybridized carbons (Fsp3) is 0.320. The average Bonchev–Trinajstić information content (AvgIpc) is 3.20. The van der Waals surface area contributed by atoms with Gasteiger partial charge in [-0.3, -0.25) is 4.79 Å². The predicted molar refractivity (Wildman–Crippen MR) is 120 cm³/mol. The molecule has 0 N–H and O–H groups in total. The van der Waals surface area contributed by atoms with Crippen molar-refractivity contribution in [1.29, 1.82) is 0 Å². The third-order valence-corrected chi connectivity index (χ3v) is 5.56. The molecule has 0 aliphatic heterocycles. The van der Waals surface area contributed by atoms with Crippen LogP contribution in [-0.4, -0.2) is 21.9 Å². The van der Waals surface area contributed by atoms with Crippen molar-refractivity contribution < 1.29 is 4.79 Å². The number of aromatic nitrogens is 1. The fourth-order valence-corrected chi connectivity index (χ4v) is 3.75. The van der Waals surface area contributed by atoms with Crippen LogP contribution in [0.5, 0.6) is 0 Å². The number of hydrogen-bond donors (Lipinski definition) is 0. The van der Waals surface area contributed by atoms with E-state index in [1.165, 1.54) is 5.56 Å². The van der Waals surface area contributed by atoms with Gasteiger partial charge in [0, 0.05) is 25.0 Å². The fourth-order valence-electron chi connectivity index (χ4n) is 3.47. The van der Waals surface area contributed by atoms with Gasteiger partial charge in [-0.25, -0.2) is 0 Å². The van der Waals surface area contributed by atoms with Gasteiger partial charge in [0.1, 0.15) is 5.38 Å². The first kappa shape index (κ1) is 21.2. The molecule has 0 bridgehead atoms. The molecule has 1 amide bonds. The summed E-state index contributed by atoms with van der Waals surface area (Å²) < 4.78 is 2.21. The Labute approximate surface area is 178 Å². The van der Waals surface area contributed by atoms with E-state index in [4.69, 9.17) is 11.6 Å². The van der Waals surface area contributed by atoms with Gasteiger partial charge in [0.25, 0.3) is 0 Å². The van der Waals surface area contributed by atoms with E-state index in [2.05, 4.69) is 48.0 Å². The normalized spacial score (nSPS) is 11.9. The van der Waals surface area contributed by atoms with Gasteiger partial charge in [-0.2, -0.15) is 0 Å². The lowest BCUT2D eigenvalue weighted by Gasteiger charge is -2.26. The Morgan fingerprint density at radius 1 is 0.966 bits per heavy atom. The van der Waals surface area contributed by atoms with E-state index >= 15 is 0 Å². The molecule has 1 aromatic heterocycles. The summed E-state index contributed by atoms with van der Waals surface area (Å²) >= 11 is 6.58. The minimum atomic E-state index is -0.657. The highest BCUT2D eigenvalue weighted by molar-refractivity contribution is 6.30. The zero-order chi connectivity index (χ0) is 20.5. The van der Waals surface area contributed by atoms with Crippen LogP contribution in [0.4, 0.5) is 0 Å². The summed E-state index contributed by atoms with van der Waals surface area (Å²) in [5, 5.41) is -0.657. The summed E-state index contributed by atoms with van der Waals surface area (Å²) in [6.07, 6.45) is 5.29. The van der Waals surface area contributed by atoms with Crippen molar-refractivity contribution in [1.82, 2.24) is 9.47 Å². The van der Waals surface area contributed by atoms with Crippen molar-refractivity contribution in [2.24, 2.45) is 0 Å². The number of benzene rings is 2. The first-order valence-electron chi connectivity index (χ1n) is 10.3. The molecule has 2 aromatic carbocycles. The molecule has 0 spiro atoms. The van der Waals surface area contributed by atoms with E-state index in [9.17, 15) is 4.79 Å². The molecule has 29 heavy (non-hydrogen) atoms. The topological polar surface area (TPSA) is 25.2 Å². The number of hydrogen-bond acceptors (Lipinski definition) is 1. The molecular formula is C25H29ClN2O. The number of unbranched alkanes of at least 4 members (excludes halogenated alkanes) is 2. The maximum Gasteiger partial charge on any atom is 0.245 e. The molecule has 1 heterocycles. The zero-order valence-electron chi connectivity index (χ0n) is 17.0. The number of carbonyl (C=O) groups excluding carboxylic acids is 1. The number of halogens is 1. The van der Waals surface area contributed by atoms with Crippen molar-refractivity contribution in [3.8, 4) is 0 Å². The molecule has 1 atom stereocenters. The van der Waals surface area contributed by atoms with Crippen molar-refractivity contribution in [3.63, 3.8) is 0 Å². The highest BCUT2D eigenvalue weighted by Crippen LogP contribution is 2.24. The molecule has 3 aromatic rings. The summed E-state index contributed by atoms with van der Waals surface area (Å²) in [7, 11) is 0. The van der Waals surface area contributed by atoms with Crippen LogP contribution < -0.4 is 0 Å². The average molecular weight is 409 g/mol. The minimum Gasteiger partial charge on any atom is -0.345 e. The Kier molecular flexibility index (Phi) is 7.94. The number of amides is 1. The van der Waals surface area contributed by atoms with Crippen LogP contribution in [0.25, 0.3) is 0 Å². The van der Waals surface area contributed by atoms with Crippen LogP contribution in [-0.2, 0) is 17.9 Å². The van der Waals surface area contributed by atoms with Crippen molar-refractivity contribution in [2.45, 2.75) is 44.7 Å². The van der Waals surface area contributed by atoms with Crippen molar-refractivity contribution >= 4 is 17.5 Å². The lowest BCUT2D eigenvalue weighted by atomic mass is 10.1. The molecule has 0 saturated heterocycles. The van der Waals surface area contributed by atoms with Gasteiger partial charge in [-0.05, 0) is 29.7 Å². The Bertz CT molecular complexity index is 876. The summed E-state index contributed by atoms with van der Waals surface area (Å²) in [5.41, 5.74) is 3.21. The van der Waals surface area contributed by atoms with Crippen LogP contribution in [0.15, 0.2) is 79.0 Å². The second kappa shape index (κ2) is 10.9. The zero-order valence-corrected chi connectivity index (χ0v) is 17.8. The number of nitrogens with zero attached hydrogens (tertiary/aromatic N) is 2. The Morgan fingerprint density at radius 3 is 2.34 bits per heavy atom. The lowest BCUT2D eigenvalue weighted by molar-refractivity contribution is -0.131. The van der Waals surface area contributed by atoms with Gasteiger partial charge in [-0.15, -0.1) is 11.6 Å². The molecule has 0 aliphatic rings. The molecule has 0 aliphatic carbocycles. The Hall–Kier alpha value is -2.52. The third-order valence-electron chi connectivity index (χ3n) is 5.12. The van der Waals surface area contributed by atoms with Gasteiger partial charge >= 0.3 is 0 Å². The van der Waals surface area contributed by atoms with Gasteiger partial charge in [0.05, 0.1) is 6.54 Å². The van der Waals surface area contributed by atoms with Crippen LogP contribution in [0, 0.1) is 0 Å². The van der Waals surface area contributed by atoms with E-state index in [0.29, 0.717) is 6.54 Å². The summed E-state index contributed by atoms with van der Waals surface area (Å²) in [6, 6.07) is 24.1. The maximum atomic E-state index is 13.2. The molecule has 152 valence electrons. The van der Waals surface area contributed by atoms with E-state index < -0.39 is 5.38 Å². The molecule has 0 saturated carbocycles. The molecule has 4 heteroatoms. The van der Waals surface area contributed by atoms with Crippen LogP contribution in [0.3, 0.4) is 0 Å². The molecule has 3 rings (SSSR count). The minimum absolute atomic E-state index is 0.0265. The van der Waals surface area contributed by atoms with Crippen molar-refractivity contribution in [3.05, 3.63) is 95.8 Å². The summed E-state index contributed by atoms with van der Waals surface area (Å²) in [6.45, 7) is 4.26. The first-order chi connectivity index (χ1) is 14.2. The molecule has 3 nitrogen and oxygen atoms in total. The maximum absolute atomic E-state index is 13.2. The SMILES string of the molecule is CCCCCN(Cc1cccn1Cc1ccccc1)C(=O)[C@H](Cl)c1ccccc1. The second-order valence-corrected chi connectivity index (χ2v) is 7.79. The highest BCUT2D eigenvalue weighted by Gasteiger charge is 2.24. The molecule has 0 fully saturated rings. The van der Waals surface area contributed by atoms with E-state index in [0.717, 1.165) is 43.6 Å². The second-order valence-electron chi connectivity index (χ2n) is 7.35. The van der Waals surface area contributed by atoms with Crippen LogP contribution in [0.2, 0.25) is 0 Å². The summed E-state index contributed by atoms with van der Waals surface area (Å²) in [5.74, 6) is -0.0265. The standard InChI is InChI=1S/C25H29ClN2O/c1-2-3-10-17-28(25(29)24(26)22-14-8-5-9-15-22)20-23-16-11-18-27(23)19-21-12-6-4-7-13-21/h4-9,11-16,18,24H,2-3,10,17,19-20H2,1H3/t24-/m1/s1. The van der Waals surface area contributed by atoms with E-state index in [1.54, 1.807) is 0 Å². The van der Waals surface area contributed by atoms with Crippen LogP contribution >= 0.6 is 11.6 Å². The lowest BCUT2D eigenvalue weighted by Crippen LogP contribution is -2.34. The largest absolute Gasteiger partial charge is 0.345 e. The first-order valence-corrected chi connectivity index (χ1v) is 10.8. The van der Waals surface area contributed by atoms with Gasteiger partial charge in [0.15, 0.2) is 0 Å². The van der Waals surface area contributed by atoms with Crippen LogP contribution in [0.1, 0.15) is 48.4 Å². The molecule has 0 radical (unpaired) electrons. The quantitative estimate of drug-likeness (QED) is 0.296.